The highest BCUT2D eigenvalue weighted by Crippen LogP contribution is 2.30. The van der Waals surface area contributed by atoms with Crippen LogP contribution >= 0.6 is 12.4 Å². The van der Waals surface area contributed by atoms with Gasteiger partial charge >= 0.3 is 0 Å². The first-order chi connectivity index (χ1) is 7.02. The molecule has 1 aliphatic carbocycles. The van der Waals surface area contributed by atoms with Gasteiger partial charge in [-0.05, 0) is 31.6 Å². The predicted octanol–water partition coefficient (Wildman–Crippen LogP) is 2.09. The van der Waals surface area contributed by atoms with Crippen LogP contribution in [0, 0.1) is 11.8 Å². The quantitative estimate of drug-likeness (QED) is 0.804. The van der Waals surface area contributed by atoms with Crippen LogP contribution in [0.25, 0.3) is 0 Å². The van der Waals surface area contributed by atoms with Gasteiger partial charge in [-0.3, -0.25) is 4.79 Å². The highest BCUT2D eigenvalue weighted by atomic mass is 35.5. The third-order valence-corrected chi connectivity index (χ3v) is 3.42. The van der Waals surface area contributed by atoms with E-state index in [1.54, 1.807) is 6.92 Å². The van der Waals surface area contributed by atoms with Crippen LogP contribution in [-0.4, -0.2) is 18.0 Å². The van der Waals surface area contributed by atoms with E-state index in [2.05, 4.69) is 19.2 Å². The molecule has 0 aliphatic heterocycles. The number of amides is 1. The molecule has 1 rings (SSSR count). The second kappa shape index (κ2) is 7.13. The Morgan fingerprint density at radius 1 is 1.25 bits per heavy atom. The molecule has 3 atom stereocenters. The molecule has 16 heavy (non-hydrogen) atoms. The number of nitrogens with one attached hydrogen (secondary N) is 1. The smallest absolute Gasteiger partial charge is 0.236 e. The van der Waals surface area contributed by atoms with Crippen molar-refractivity contribution in [1.82, 2.24) is 5.32 Å². The normalized spacial score (nSPS) is 27.1. The van der Waals surface area contributed by atoms with Crippen LogP contribution in [0.3, 0.4) is 0 Å². The number of rotatable bonds is 3. The van der Waals surface area contributed by atoms with Crippen LogP contribution in [0.1, 0.15) is 46.5 Å². The Bertz CT molecular complexity index is 219. The molecular weight excluding hydrogens is 224 g/mol. The van der Waals surface area contributed by atoms with E-state index in [1.807, 2.05) is 0 Å². The SMILES string of the molecule is CC(N)C(=O)NC1CCCCC1C(C)C.Cl. The molecule has 0 bridgehead atoms. The number of nitrogens with two attached hydrogens (primary N) is 1. The molecule has 0 aromatic carbocycles. The van der Waals surface area contributed by atoms with Crippen molar-refractivity contribution in [2.45, 2.75) is 58.5 Å². The van der Waals surface area contributed by atoms with Gasteiger partial charge in [-0.2, -0.15) is 0 Å². The van der Waals surface area contributed by atoms with E-state index < -0.39 is 0 Å². The van der Waals surface area contributed by atoms with Gasteiger partial charge in [-0.1, -0.05) is 26.7 Å². The molecular formula is C12H25ClN2O. The number of halogens is 1. The summed E-state index contributed by atoms with van der Waals surface area (Å²) in [7, 11) is 0. The third kappa shape index (κ3) is 4.30. The minimum Gasteiger partial charge on any atom is -0.352 e. The Morgan fingerprint density at radius 2 is 1.81 bits per heavy atom. The predicted molar refractivity (Wildman–Crippen MR) is 69.6 cm³/mol. The molecule has 1 fully saturated rings. The number of carbonyl (C=O) groups excluding carboxylic acids is 1. The van der Waals surface area contributed by atoms with E-state index in [4.69, 9.17) is 5.73 Å². The molecule has 3 unspecified atom stereocenters. The number of hydrogen-bond donors (Lipinski definition) is 2. The van der Waals surface area contributed by atoms with Crippen LogP contribution in [0.4, 0.5) is 0 Å². The Labute approximate surface area is 105 Å². The summed E-state index contributed by atoms with van der Waals surface area (Å²) in [5.74, 6) is 1.26. The molecule has 0 aromatic heterocycles. The molecule has 0 saturated heterocycles. The van der Waals surface area contributed by atoms with Crippen LogP contribution in [-0.2, 0) is 4.79 Å². The molecule has 4 heteroatoms. The summed E-state index contributed by atoms with van der Waals surface area (Å²) in [5, 5.41) is 3.09. The lowest BCUT2D eigenvalue weighted by molar-refractivity contribution is -0.123. The lowest BCUT2D eigenvalue weighted by Crippen LogP contribution is -2.49. The average molecular weight is 249 g/mol. The fourth-order valence-electron chi connectivity index (χ4n) is 2.45. The zero-order valence-electron chi connectivity index (χ0n) is 10.5. The summed E-state index contributed by atoms with van der Waals surface area (Å²) in [6, 6.07) is -0.0445. The molecule has 3 N–H and O–H groups in total. The molecule has 96 valence electrons. The molecule has 1 saturated carbocycles. The van der Waals surface area contributed by atoms with Crippen molar-refractivity contribution in [2.24, 2.45) is 17.6 Å². The molecule has 1 aliphatic rings. The topological polar surface area (TPSA) is 55.1 Å². The van der Waals surface area contributed by atoms with Gasteiger partial charge in [0.2, 0.25) is 5.91 Å². The number of carbonyl (C=O) groups is 1. The van der Waals surface area contributed by atoms with E-state index in [1.165, 1.54) is 19.3 Å². The van der Waals surface area contributed by atoms with Crippen molar-refractivity contribution >= 4 is 18.3 Å². The fraction of sp³-hybridized carbons (Fsp3) is 0.917. The lowest BCUT2D eigenvalue weighted by atomic mass is 9.78. The molecule has 0 heterocycles. The van der Waals surface area contributed by atoms with E-state index in [0.29, 0.717) is 17.9 Å². The largest absolute Gasteiger partial charge is 0.352 e. The van der Waals surface area contributed by atoms with Crippen LogP contribution in [0.5, 0.6) is 0 Å². The van der Waals surface area contributed by atoms with Crippen molar-refractivity contribution in [3.63, 3.8) is 0 Å². The maximum absolute atomic E-state index is 11.5. The highest BCUT2D eigenvalue weighted by Gasteiger charge is 2.28. The van der Waals surface area contributed by atoms with Crippen molar-refractivity contribution in [2.75, 3.05) is 0 Å². The number of hydrogen-bond acceptors (Lipinski definition) is 2. The second-order valence-corrected chi connectivity index (χ2v) is 5.10. The first-order valence-corrected chi connectivity index (χ1v) is 6.08. The van der Waals surface area contributed by atoms with E-state index >= 15 is 0 Å². The van der Waals surface area contributed by atoms with E-state index in [-0.39, 0.29) is 24.4 Å². The minimum atomic E-state index is -0.389. The van der Waals surface area contributed by atoms with Crippen LogP contribution in [0.15, 0.2) is 0 Å². The molecule has 0 aromatic rings. The zero-order chi connectivity index (χ0) is 11.4. The van der Waals surface area contributed by atoms with Crippen LogP contribution < -0.4 is 11.1 Å². The minimum absolute atomic E-state index is 0. The van der Waals surface area contributed by atoms with Crippen molar-refractivity contribution in [3.05, 3.63) is 0 Å². The molecule has 3 nitrogen and oxygen atoms in total. The first-order valence-electron chi connectivity index (χ1n) is 6.08. The van der Waals surface area contributed by atoms with Crippen molar-refractivity contribution in [3.8, 4) is 0 Å². The van der Waals surface area contributed by atoms with Gasteiger partial charge in [0.05, 0.1) is 6.04 Å². The summed E-state index contributed by atoms with van der Waals surface area (Å²) < 4.78 is 0. The van der Waals surface area contributed by atoms with Gasteiger partial charge in [0.25, 0.3) is 0 Å². The lowest BCUT2D eigenvalue weighted by Gasteiger charge is -2.35. The monoisotopic (exact) mass is 248 g/mol. The summed E-state index contributed by atoms with van der Waals surface area (Å²) >= 11 is 0. The van der Waals surface area contributed by atoms with E-state index in [9.17, 15) is 4.79 Å². The van der Waals surface area contributed by atoms with Crippen molar-refractivity contribution in [1.29, 1.82) is 0 Å². The Kier molecular flexibility index (Phi) is 7.00. The Morgan fingerprint density at radius 3 is 2.31 bits per heavy atom. The van der Waals surface area contributed by atoms with Crippen molar-refractivity contribution < 1.29 is 4.79 Å². The summed E-state index contributed by atoms with van der Waals surface area (Å²) in [4.78, 5) is 11.5. The zero-order valence-corrected chi connectivity index (χ0v) is 11.3. The van der Waals surface area contributed by atoms with Gasteiger partial charge in [0, 0.05) is 6.04 Å². The molecule has 0 spiro atoms. The summed E-state index contributed by atoms with van der Waals surface area (Å²) in [6.45, 7) is 6.21. The summed E-state index contributed by atoms with van der Waals surface area (Å²) in [6.07, 6.45) is 4.88. The van der Waals surface area contributed by atoms with Gasteiger partial charge in [0.1, 0.15) is 0 Å². The maximum atomic E-state index is 11.5. The Balaban J connectivity index is 0.00000225. The van der Waals surface area contributed by atoms with Gasteiger partial charge in [-0.25, -0.2) is 0 Å². The summed E-state index contributed by atoms with van der Waals surface area (Å²) in [5.41, 5.74) is 5.56. The van der Waals surface area contributed by atoms with Gasteiger partial charge < -0.3 is 11.1 Å². The van der Waals surface area contributed by atoms with E-state index in [0.717, 1.165) is 6.42 Å². The standard InChI is InChI=1S/C12H24N2O.ClH/c1-8(2)10-6-4-5-7-11(10)14-12(15)9(3)13;/h8-11H,4-7,13H2,1-3H3,(H,14,15);1H. The maximum Gasteiger partial charge on any atom is 0.236 e. The molecule has 1 amide bonds. The second-order valence-electron chi connectivity index (χ2n) is 5.10. The first kappa shape index (κ1) is 15.7. The Hall–Kier alpha value is -0.280. The van der Waals surface area contributed by atoms with Gasteiger partial charge in [-0.15, -0.1) is 12.4 Å². The highest BCUT2D eigenvalue weighted by molar-refractivity contribution is 5.85. The molecule has 0 radical (unpaired) electrons. The fourth-order valence-corrected chi connectivity index (χ4v) is 2.45. The average Bonchev–Trinajstić information content (AvgIpc) is 2.18. The van der Waals surface area contributed by atoms with Crippen LogP contribution in [0.2, 0.25) is 0 Å². The van der Waals surface area contributed by atoms with Gasteiger partial charge in [0.15, 0.2) is 0 Å². The third-order valence-electron chi connectivity index (χ3n) is 3.42.